The largest absolute Gasteiger partial charge is 0.341 e. The number of hydrogen-bond acceptors (Lipinski definition) is 3. The lowest BCUT2D eigenvalue weighted by Crippen LogP contribution is -2.36. The Morgan fingerprint density at radius 2 is 2.05 bits per heavy atom. The number of hydrogen-bond donors (Lipinski definition) is 0. The molecule has 1 aromatic heterocycles. The summed E-state index contributed by atoms with van der Waals surface area (Å²) in [4.78, 5) is 18.9. The third kappa shape index (κ3) is 2.75. The summed E-state index contributed by atoms with van der Waals surface area (Å²) in [7, 11) is 0. The van der Waals surface area contributed by atoms with E-state index >= 15 is 0 Å². The minimum atomic E-state index is -0.361. The van der Waals surface area contributed by atoms with Gasteiger partial charge in [-0.1, -0.05) is 12.1 Å². The van der Waals surface area contributed by atoms with Crippen LogP contribution in [0.3, 0.4) is 0 Å². The number of imidazole rings is 1. The van der Waals surface area contributed by atoms with E-state index in [4.69, 9.17) is 5.26 Å². The first-order valence-corrected chi connectivity index (χ1v) is 7.25. The van der Waals surface area contributed by atoms with Crippen LogP contribution in [0.15, 0.2) is 24.3 Å². The molecule has 1 heterocycles. The Balaban J connectivity index is 2.51. The van der Waals surface area contributed by atoms with Crippen molar-refractivity contribution < 1.29 is 4.79 Å². The fourth-order valence-electron chi connectivity index (χ4n) is 2.63. The number of carbonyl (C=O) groups is 1. The summed E-state index contributed by atoms with van der Waals surface area (Å²) < 4.78 is 1.89. The summed E-state index contributed by atoms with van der Waals surface area (Å²) >= 11 is 0. The Bertz CT molecular complexity index is 679. The quantitative estimate of drug-likeness (QED) is 0.847. The number of nitriles is 1. The van der Waals surface area contributed by atoms with E-state index in [1.54, 1.807) is 4.90 Å². The number of rotatable bonds is 5. The average molecular weight is 284 g/mol. The van der Waals surface area contributed by atoms with Gasteiger partial charge in [0, 0.05) is 13.1 Å². The summed E-state index contributed by atoms with van der Waals surface area (Å²) in [6.45, 7) is 7.17. The van der Waals surface area contributed by atoms with Crippen molar-refractivity contribution in [2.24, 2.45) is 0 Å². The lowest BCUT2D eigenvalue weighted by Gasteiger charge is -2.24. The van der Waals surface area contributed by atoms with Gasteiger partial charge in [-0.3, -0.25) is 4.79 Å². The predicted molar refractivity (Wildman–Crippen MR) is 81.7 cm³/mol. The number of fused-ring (bicyclic) bond motifs is 1. The molecule has 5 nitrogen and oxygen atoms in total. The first kappa shape index (κ1) is 15.0. The fraction of sp³-hybridized carbons (Fsp3) is 0.438. The smallest absolute Gasteiger partial charge is 0.245 e. The monoisotopic (exact) mass is 284 g/mol. The lowest BCUT2D eigenvalue weighted by atomic mass is 10.2. The molecule has 1 amide bonds. The van der Waals surface area contributed by atoms with Gasteiger partial charge < -0.3 is 9.47 Å². The van der Waals surface area contributed by atoms with E-state index < -0.39 is 0 Å². The second-order valence-electron chi connectivity index (χ2n) is 4.91. The molecule has 0 bridgehead atoms. The molecule has 5 heteroatoms. The molecule has 0 spiro atoms. The van der Waals surface area contributed by atoms with Crippen molar-refractivity contribution in [2.45, 2.75) is 33.2 Å². The van der Waals surface area contributed by atoms with Gasteiger partial charge in [0.25, 0.3) is 0 Å². The van der Waals surface area contributed by atoms with Crippen molar-refractivity contribution in [2.75, 3.05) is 13.1 Å². The molecule has 1 unspecified atom stereocenters. The zero-order valence-corrected chi connectivity index (χ0v) is 12.7. The molecule has 1 atom stereocenters. The maximum Gasteiger partial charge on any atom is 0.245 e. The molecule has 0 aliphatic heterocycles. The topological polar surface area (TPSA) is 61.9 Å². The number of amides is 1. The summed E-state index contributed by atoms with van der Waals surface area (Å²) in [5.74, 6) is 0.703. The highest BCUT2D eigenvalue weighted by atomic mass is 16.2. The van der Waals surface area contributed by atoms with Crippen LogP contribution in [0.1, 0.15) is 32.6 Å². The highest BCUT2D eigenvalue weighted by Gasteiger charge is 2.24. The van der Waals surface area contributed by atoms with Crippen molar-refractivity contribution in [1.29, 1.82) is 5.26 Å². The van der Waals surface area contributed by atoms with E-state index in [9.17, 15) is 4.79 Å². The van der Waals surface area contributed by atoms with E-state index in [1.165, 1.54) is 0 Å². The summed E-state index contributed by atoms with van der Waals surface area (Å²) in [5, 5.41) is 8.99. The van der Waals surface area contributed by atoms with E-state index in [2.05, 4.69) is 11.1 Å². The van der Waals surface area contributed by atoms with E-state index in [0.29, 0.717) is 18.9 Å². The number of carbonyl (C=O) groups excluding carboxylic acids is 1. The highest BCUT2D eigenvalue weighted by molar-refractivity contribution is 5.84. The minimum absolute atomic E-state index is 0.0577. The molecule has 110 valence electrons. The Morgan fingerprint density at radius 1 is 1.38 bits per heavy atom. The molecule has 0 saturated heterocycles. The predicted octanol–water partition coefficient (Wildman–Crippen LogP) is 2.53. The molecule has 0 aliphatic rings. The van der Waals surface area contributed by atoms with Gasteiger partial charge in [-0.2, -0.15) is 5.26 Å². The first-order valence-electron chi connectivity index (χ1n) is 7.25. The molecular formula is C16H20N4O. The van der Waals surface area contributed by atoms with Crippen LogP contribution in [0.4, 0.5) is 0 Å². The van der Waals surface area contributed by atoms with Crippen LogP contribution in [0.5, 0.6) is 0 Å². The molecule has 0 N–H and O–H groups in total. The fourth-order valence-corrected chi connectivity index (χ4v) is 2.63. The summed E-state index contributed by atoms with van der Waals surface area (Å²) in [5.41, 5.74) is 1.72. The van der Waals surface area contributed by atoms with Crippen LogP contribution in [0.2, 0.25) is 0 Å². The Hall–Kier alpha value is -2.35. The zero-order valence-electron chi connectivity index (χ0n) is 12.7. The molecule has 0 aliphatic carbocycles. The number of para-hydroxylation sites is 2. The number of likely N-dealkylation sites (N-methyl/N-ethyl adjacent to an activating group) is 1. The minimum Gasteiger partial charge on any atom is -0.341 e. The summed E-state index contributed by atoms with van der Waals surface area (Å²) in [6.07, 6.45) is 0.199. The first-order chi connectivity index (χ1) is 10.1. The highest BCUT2D eigenvalue weighted by Crippen LogP contribution is 2.22. The number of nitrogens with zero attached hydrogens (tertiary/aromatic N) is 4. The van der Waals surface area contributed by atoms with Gasteiger partial charge in [-0.25, -0.2) is 4.98 Å². The van der Waals surface area contributed by atoms with Crippen LogP contribution in [0.25, 0.3) is 11.0 Å². The van der Waals surface area contributed by atoms with Crippen molar-refractivity contribution in [3.8, 4) is 6.07 Å². The van der Waals surface area contributed by atoms with Crippen molar-refractivity contribution in [3.63, 3.8) is 0 Å². The van der Waals surface area contributed by atoms with Gasteiger partial charge in [0.05, 0.1) is 23.5 Å². The normalized spacial score (nSPS) is 12.1. The molecule has 2 aromatic rings. The van der Waals surface area contributed by atoms with E-state index in [1.807, 2.05) is 49.6 Å². The van der Waals surface area contributed by atoms with Gasteiger partial charge in [0.2, 0.25) is 5.91 Å². The van der Waals surface area contributed by atoms with Gasteiger partial charge >= 0.3 is 0 Å². The molecule has 21 heavy (non-hydrogen) atoms. The SMILES string of the molecule is CCN(CC)C(=O)C(C)n1c(CC#N)nc2ccccc21. The van der Waals surface area contributed by atoms with Gasteiger partial charge in [0.15, 0.2) is 0 Å². The third-order valence-corrected chi connectivity index (χ3v) is 3.73. The van der Waals surface area contributed by atoms with Crippen molar-refractivity contribution >= 4 is 16.9 Å². The molecule has 1 aromatic carbocycles. The van der Waals surface area contributed by atoms with Crippen LogP contribution in [-0.4, -0.2) is 33.4 Å². The van der Waals surface area contributed by atoms with E-state index in [0.717, 1.165) is 11.0 Å². The van der Waals surface area contributed by atoms with Gasteiger partial charge in [0.1, 0.15) is 11.9 Å². The van der Waals surface area contributed by atoms with Crippen LogP contribution >= 0.6 is 0 Å². The van der Waals surface area contributed by atoms with Crippen molar-refractivity contribution in [1.82, 2.24) is 14.5 Å². The second kappa shape index (κ2) is 6.40. The van der Waals surface area contributed by atoms with Gasteiger partial charge in [-0.15, -0.1) is 0 Å². The molecular weight excluding hydrogens is 264 g/mol. The second-order valence-corrected chi connectivity index (χ2v) is 4.91. The molecule has 0 fully saturated rings. The van der Waals surface area contributed by atoms with Crippen molar-refractivity contribution in [3.05, 3.63) is 30.1 Å². The maximum absolute atomic E-state index is 12.6. The summed E-state index contributed by atoms with van der Waals surface area (Å²) in [6, 6.07) is 9.44. The average Bonchev–Trinajstić information content (AvgIpc) is 2.86. The molecule has 2 rings (SSSR count). The Kier molecular flexibility index (Phi) is 4.59. The standard InChI is InChI=1S/C16H20N4O/c1-4-19(5-2)16(21)12(3)20-14-9-7-6-8-13(14)18-15(20)10-11-17/h6-9,12H,4-5,10H2,1-3H3. The third-order valence-electron chi connectivity index (χ3n) is 3.73. The van der Waals surface area contributed by atoms with Crippen LogP contribution < -0.4 is 0 Å². The number of benzene rings is 1. The van der Waals surface area contributed by atoms with Gasteiger partial charge in [-0.05, 0) is 32.9 Å². The lowest BCUT2D eigenvalue weighted by molar-refractivity contribution is -0.133. The Labute approximate surface area is 124 Å². The van der Waals surface area contributed by atoms with E-state index in [-0.39, 0.29) is 18.4 Å². The molecule has 0 radical (unpaired) electrons. The molecule has 0 saturated carbocycles. The zero-order chi connectivity index (χ0) is 15.4. The van der Waals surface area contributed by atoms with Crippen LogP contribution in [0, 0.1) is 11.3 Å². The van der Waals surface area contributed by atoms with Crippen LogP contribution in [-0.2, 0) is 11.2 Å². The number of aromatic nitrogens is 2. The maximum atomic E-state index is 12.6. The Morgan fingerprint density at radius 3 is 2.67 bits per heavy atom.